The zero-order valence-electron chi connectivity index (χ0n) is 11.8. The lowest BCUT2D eigenvalue weighted by molar-refractivity contribution is -0.141. The second-order valence-electron chi connectivity index (χ2n) is 4.55. The Labute approximate surface area is 116 Å². The summed E-state index contributed by atoms with van der Waals surface area (Å²) in [7, 11) is 1.30. The number of nitrogens with zero attached hydrogens (tertiary/aromatic N) is 2. The van der Waals surface area contributed by atoms with Gasteiger partial charge >= 0.3 is 5.97 Å². The molecule has 0 bridgehead atoms. The molecule has 2 aromatic heterocycles. The first-order chi connectivity index (χ1) is 9.51. The van der Waals surface area contributed by atoms with Gasteiger partial charge in [-0.3, -0.25) is 9.59 Å². The van der Waals surface area contributed by atoms with E-state index in [0.717, 1.165) is 17.0 Å². The third-order valence-corrected chi connectivity index (χ3v) is 3.16. The number of carbonyl (C=O) groups is 2. The molecular formula is C14H17N3O3. The number of pyridine rings is 1. The van der Waals surface area contributed by atoms with Gasteiger partial charge in [0.25, 0.3) is 0 Å². The zero-order valence-corrected chi connectivity index (χ0v) is 11.8. The Kier molecular flexibility index (Phi) is 4.02. The summed E-state index contributed by atoms with van der Waals surface area (Å²) in [4.78, 5) is 27.1. The summed E-state index contributed by atoms with van der Waals surface area (Å²) in [6.45, 7) is 3.91. The number of aryl methyl sites for hydroxylation is 2. The van der Waals surface area contributed by atoms with Crippen molar-refractivity contribution in [3.8, 4) is 0 Å². The maximum Gasteiger partial charge on any atom is 0.306 e. The summed E-state index contributed by atoms with van der Waals surface area (Å²) in [6.07, 6.45) is 2.00. The molecule has 0 saturated carbocycles. The molecule has 6 heteroatoms. The van der Waals surface area contributed by atoms with E-state index in [0.29, 0.717) is 5.69 Å². The second kappa shape index (κ2) is 5.73. The Morgan fingerprint density at radius 1 is 1.30 bits per heavy atom. The van der Waals surface area contributed by atoms with Crippen molar-refractivity contribution in [3.05, 3.63) is 29.7 Å². The molecule has 0 fully saturated rings. The first-order valence-electron chi connectivity index (χ1n) is 6.33. The van der Waals surface area contributed by atoms with Gasteiger partial charge in [0.05, 0.1) is 24.9 Å². The second-order valence-corrected chi connectivity index (χ2v) is 4.55. The first-order valence-corrected chi connectivity index (χ1v) is 6.33. The Balaban J connectivity index is 2.08. The van der Waals surface area contributed by atoms with Crippen LogP contribution < -0.4 is 5.32 Å². The normalized spacial score (nSPS) is 10.6. The molecule has 0 radical (unpaired) electrons. The van der Waals surface area contributed by atoms with Crippen molar-refractivity contribution in [2.75, 3.05) is 12.4 Å². The SMILES string of the molecule is COC(=O)CCC(=O)Nc1ccc2nc(C)c(C)n2c1. The monoisotopic (exact) mass is 275 g/mol. The molecule has 2 heterocycles. The molecule has 0 aliphatic carbocycles. The highest BCUT2D eigenvalue weighted by Crippen LogP contribution is 2.15. The Hall–Kier alpha value is -2.37. The van der Waals surface area contributed by atoms with E-state index in [1.165, 1.54) is 7.11 Å². The number of aromatic nitrogens is 2. The predicted molar refractivity (Wildman–Crippen MR) is 74.5 cm³/mol. The van der Waals surface area contributed by atoms with Crippen LogP contribution in [0.5, 0.6) is 0 Å². The number of nitrogens with one attached hydrogen (secondary N) is 1. The maximum absolute atomic E-state index is 11.7. The molecule has 0 unspecified atom stereocenters. The van der Waals surface area contributed by atoms with E-state index in [1.54, 1.807) is 6.07 Å². The first kappa shape index (κ1) is 14.0. The number of carbonyl (C=O) groups excluding carboxylic acids is 2. The van der Waals surface area contributed by atoms with E-state index >= 15 is 0 Å². The summed E-state index contributed by atoms with van der Waals surface area (Å²) in [5.41, 5.74) is 3.50. The number of ether oxygens (including phenoxy) is 1. The molecule has 20 heavy (non-hydrogen) atoms. The van der Waals surface area contributed by atoms with Crippen molar-refractivity contribution in [3.63, 3.8) is 0 Å². The Morgan fingerprint density at radius 3 is 2.75 bits per heavy atom. The van der Waals surface area contributed by atoms with Crippen LogP contribution in [0.3, 0.4) is 0 Å². The summed E-state index contributed by atoms with van der Waals surface area (Å²) < 4.78 is 6.42. The highest BCUT2D eigenvalue weighted by Gasteiger charge is 2.09. The quantitative estimate of drug-likeness (QED) is 0.864. The average Bonchev–Trinajstić information content (AvgIpc) is 2.72. The van der Waals surface area contributed by atoms with E-state index in [4.69, 9.17) is 0 Å². The lowest BCUT2D eigenvalue weighted by Crippen LogP contribution is -2.14. The van der Waals surface area contributed by atoms with Crippen molar-refractivity contribution in [1.29, 1.82) is 0 Å². The Morgan fingerprint density at radius 2 is 2.05 bits per heavy atom. The van der Waals surface area contributed by atoms with Gasteiger partial charge < -0.3 is 14.5 Å². The van der Waals surface area contributed by atoms with Crippen LogP contribution in [0.25, 0.3) is 5.65 Å². The van der Waals surface area contributed by atoms with Gasteiger partial charge in [-0.25, -0.2) is 4.98 Å². The van der Waals surface area contributed by atoms with Crippen molar-refractivity contribution in [2.45, 2.75) is 26.7 Å². The smallest absolute Gasteiger partial charge is 0.306 e. The summed E-state index contributed by atoms with van der Waals surface area (Å²) in [6, 6.07) is 3.63. The van der Waals surface area contributed by atoms with Gasteiger partial charge in [0.1, 0.15) is 5.65 Å². The molecule has 6 nitrogen and oxygen atoms in total. The van der Waals surface area contributed by atoms with E-state index in [-0.39, 0.29) is 18.7 Å². The van der Waals surface area contributed by atoms with Crippen LogP contribution in [0.4, 0.5) is 5.69 Å². The molecular weight excluding hydrogens is 258 g/mol. The van der Waals surface area contributed by atoms with Gasteiger partial charge in [-0.2, -0.15) is 0 Å². The topological polar surface area (TPSA) is 72.7 Å². The number of esters is 1. The number of methoxy groups -OCH3 is 1. The van der Waals surface area contributed by atoms with Crippen molar-refractivity contribution >= 4 is 23.2 Å². The third-order valence-electron chi connectivity index (χ3n) is 3.16. The minimum absolute atomic E-state index is 0.0772. The van der Waals surface area contributed by atoms with Crippen molar-refractivity contribution in [2.24, 2.45) is 0 Å². The largest absolute Gasteiger partial charge is 0.469 e. The van der Waals surface area contributed by atoms with Crippen LogP contribution in [-0.4, -0.2) is 28.4 Å². The number of hydrogen-bond acceptors (Lipinski definition) is 4. The van der Waals surface area contributed by atoms with Crippen LogP contribution in [0.2, 0.25) is 0 Å². The fraction of sp³-hybridized carbons (Fsp3) is 0.357. The van der Waals surface area contributed by atoms with Gasteiger partial charge in [0.2, 0.25) is 5.91 Å². The number of amides is 1. The minimum atomic E-state index is -0.392. The van der Waals surface area contributed by atoms with Crippen LogP contribution in [0.1, 0.15) is 24.2 Å². The molecule has 1 amide bonds. The van der Waals surface area contributed by atoms with Crippen molar-refractivity contribution < 1.29 is 14.3 Å². The number of anilines is 1. The fourth-order valence-electron chi connectivity index (χ4n) is 1.89. The highest BCUT2D eigenvalue weighted by atomic mass is 16.5. The lowest BCUT2D eigenvalue weighted by atomic mass is 10.3. The Bertz CT molecular complexity index is 661. The van der Waals surface area contributed by atoms with E-state index in [1.807, 2.05) is 30.5 Å². The number of fused-ring (bicyclic) bond motifs is 1. The summed E-state index contributed by atoms with van der Waals surface area (Å²) in [5, 5.41) is 2.75. The van der Waals surface area contributed by atoms with E-state index in [2.05, 4.69) is 15.0 Å². The van der Waals surface area contributed by atoms with E-state index in [9.17, 15) is 9.59 Å². The van der Waals surface area contributed by atoms with E-state index < -0.39 is 5.97 Å². The van der Waals surface area contributed by atoms with Gasteiger partial charge in [-0.1, -0.05) is 0 Å². The van der Waals surface area contributed by atoms with Crippen molar-refractivity contribution in [1.82, 2.24) is 9.38 Å². The van der Waals surface area contributed by atoms with Gasteiger partial charge in [-0.05, 0) is 26.0 Å². The molecule has 0 spiro atoms. The summed E-state index contributed by atoms with van der Waals surface area (Å²) >= 11 is 0. The molecule has 0 aromatic carbocycles. The molecule has 2 aromatic rings. The molecule has 0 aliphatic rings. The molecule has 0 aliphatic heterocycles. The average molecular weight is 275 g/mol. The number of rotatable bonds is 4. The molecule has 1 N–H and O–H groups in total. The van der Waals surface area contributed by atoms with Gasteiger partial charge in [0.15, 0.2) is 0 Å². The number of hydrogen-bond donors (Lipinski definition) is 1. The lowest BCUT2D eigenvalue weighted by Gasteiger charge is -2.06. The standard InChI is InChI=1S/C14H17N3O3/c1-9-10(2)17-8-11(4-5-12(17)15-9)16-13(18)6-7-14(19)20-3/h4-5,8H,6-7H2,1-3H3,(H,16,18). The molecule has 0 saturated heterocycles. The zero-order chi connectivity index (χ0) is 14.7. The molecule has 2 rings (SSSR count). The predicted octanol–water partition coefficient (Wildman–Crippen LogP) is 1.84. The third kappa shape index (κ3) is 2.96. The molecule has 0 atom stereocenters. The highest BCUT2D eigenvalue weighted by molar-refractivity contribution is 5.92. The number of imidazole rings is 1. The maximum atomic E-state index is 11.7. The van der Waals surface area contributed by atoms with Gasteiger partial charge in [0, 0.05) is 18.3 Å². The summed E-state index contributed by atoms with van der Waals surface area (Å²) in [5.74, 6) is -0.610. The van der Waals surface area contributed by atoms with Crippen LogP contribution in [0, 0.1) is 13.8 Å². The van der Waals surface area contributed by atoms with Crippen LogP contribution in [0.15, 0.2) is 18.3 Å². The fourth-order valence-corrected chi connectivity index (χ4v) is 1.89. The van der Waals surface area contributed by atoms with Gasteiger partial charge in [-0.15, -0.1) is 0 Å². The van der Waals surface area contributed by atoms with Crippen LogP contribution in [-0.2, 0) is 14.3 Å². The minimum Gasteiger partial charge on any atom is -0.469 e. The van der Waals surface area contributed by atoms with Crippen LogP contribution >= 0.6 is 0 Å². The molecule has 106 valence electrons.